The normalized spacial score (nSPS) is 15.2. The fourth-order valence-electron chi connectivity index (χ4n) is 4.06. The number of carbonyl (C=O) groups is 2. The van der Waals surface area contributed by atoms with Crippen molar-refractivity contribution in [3.8, 4) is 0 Å². The Bertz CT molecular complexity index is 1250. The van der Waals surface area contributed by atoms with Crippen LogP contribution in [0.1, 0.15) is 39.9 Å². The monoisotopic (exact) mass is 456 g/mol. The topological polar surface area (TPSA) is 97.0 Å². The zero-order valence-electron chi connectivity index (χ0n) is 19.5. The number of rotatable bonds is 7. The first-order chi connectivity index (χ1) is 16.4. The van der Waals surface area contributed by atoms with Crippen molar-refractivity contribution < 1.29 is 14.3 Å². The van der Waals surface area contributed by atoms with E-state index in [1.54, 1.807) is 25.1 Å². The van der Waals surface area contributed by atoms with Crippen LogP contribution in [0.5, 0.6) is 0 Å². The van der Waals surface area contributed by atoms with E-state index in [2.05, 4.69) is 5.32 Å². The fraction of sp³-hybridized carbons (Fsp3) is 0.222. The third kappa shape index (κ3) is 4.84. The Morgan fingerprint density at radius 3 is 2.50 bits per heavy atom. The first-order valence-electron chi connectivity index (χ1n) is 11.2. The molecule has 1 atom stereocenters. The SMILES string of the molecule is CCOC(=O)c1ccc2c(c1)NC(=O)C2C(=Nc1ccc(CN(C)C)c(N)c1)c1ccccc1. The van der Waals surface area contributed by atoms with Crippen molar-refractivity contribution in [2.45, 2.75) is 19.4 Å². The van der Waals surface area contributed by atoms with Crippen LogP contribution in [0.3, 0.4) is 0 Å². The molecule has 0 radical (unpaired) electrons. The number of ether oxygens (including phenoxy) is 1. The van der Waals surface area contributed by atoms with E-state index in [9.17, 15) is 9.59 Å². The number of anilines is 2. The summed E-state index contributed by atoms with van der Waals surface area (Å²) in [5, 5.41) is 2.91. The van der Waals surface area contributed by atoms with Crippen molar-refractivity contribution in [1.29, 1.82) is 0 Å². The van der Waals surface area contributed by atoms with Gasteiger partial charge in [-0.15, -0.1) is 0 Å². The lowest BCUT2D eigenvalue weighted by Gasteiger charge is -2.15. The molecular formula is C27H28N4O3. The fourth-order valence-corrected chi connectivity index (χ4v) is 4.06. The van der Waals surface area contributed by atoms with Gasteiger partial charge in [-0.05, 0) is 62.0 Å². The van der Waals surface area contributed by atoms with Crippen LogP contribution >= 0.6 is 0 Å². The molecule has 1 aliphatic rings. The Labute approximate surface area is 199 Å². The summed E-state index contributed by atoms with van der Waals surface area (Å²) >= 11 is 0. The van der Waals surface area contributed by atoms with Gasteiger partial charge in [-0.2, -0.15) is 0 Å². The second-order valence-electron chi connectivity index (χ2n) is 8.43. The van der Waals surface area contributed by atoms with Crippen LogP contribution in [0.2, 0.25) is 0 Å². The third-order valence-corrected chi connectivity index (χ3v) is 5.60. The van der Waals surface area contributed by atoms with Gasteiger partial charge in [0.05, 0.1) is 23.6 Å². The van der Waals surface area contributed by atoms with Gasteiger partial charge in [-0.25, -0.2) is 4.79 Å². The molecule has 0 fully saturated rings. The Morgan fingerprint density at radius 2 is 1.82 bits per heavy atom. The highest BCUT2D eigenvalue weighted by Crippen LogP contribution is 2.37. The van der Waals surface area contributed by atoms with Crippen LogP contribution < -0.4 is 11.1 Å². The minimum atomic E-state index is -0.628. The molecule has 0 bridgehead atoms. The molecule has 7 nitrogen and oxygen atoms in total. The number of carbonyl (C=O) groups excluding carboxylic acids is 2. The van der Waals surface area contributed by atoms with E-state index in [0.29, 0.717) is 28.3 Å². The molecule has 0 aromatic heterocycles. The molecule has 3 N–H and O–H groups in total. The zero-order valence-corrected chi connectivity index (χ0v) is 19.5. The van der Waals surface area contributed by atoms with Crippen molar-refractivity contribution in [2.75, 3.05) is 31.8 Å². The lowest BCUT2D eigenvalue weighted by molar-refractivity contribution is -0.115. The summed E-state index contributed by atoms with van der Waals surface area (Å²) in [4.78, 5) is 32.3. The molecule has 7 heteroatoms. The van der Waals surface area contributed by atoms with Gasteiger partial charge in [0.1, 0.15) is 5.92 Å². The van der Waals surface area contributed by atoms with Crippen LogP contribution in [-0.2, 0) is 16.1 Å². The molecule has 4 rings (SSSR count). The maximum atomic E-state index is 13.1. The van der Waals surface area contributed by atoms with Crippen molar-refractivity contribution in [3.05, 3.63) is 89.0 Å². The molecule has 0 spiro atoms. The smallest absolute Gasteiger partial charge is 0.338 e. The zero-order chi connectivity index (χ0) is 24.2. The molecule has 1 heterocycles. The summed E-state index contributed by atoms with van der Waals surface area (Å²) in [5.41, 5.74) is 11.8. The molecular weight excluding hydrogens is 428 g/mol. The lowest BCUT2D eigenvalue weighted by atomic mass is 9.90. The minimum absolute atomic E-state index is 0.198. The Hall–Kier alpha value is -3.97. The highest BCUT2D eigenvalue weighted by molar-refractivity contribution is 6.24. The van der Waals surface area contributed by atoms with Gasteiger partial charge in [0.2, 0.25) is 5.91 Å². The van der Waals surface area contributed by atoms with Gasteiger partial charge in [0.25, 0.3) is 0 Å². The summed E-state index contributed by atoms with van der Waals surface area (Å²) in [6, 6.07) is 20.4. The molecule has 1 amide bonds. The number of nitrogens with two attached hydrogens (primary N) is 1. The van der Waals surface area contributed by atoms with Gasteiger partial charge in [-0.3, -0.25) is 9.79 Å². The van der Waals surface area contributed by atoms with Crippen molar-refractivity contribution in [1.82, 2.24) is 4.90 Å². The van der Waals surface area contributed by atoms with Crippen molar-refractivity contribution in [3.63, 3.8) is 0 Å². The summed E-state index contributed by atoms with van der Waals surface area (Å²) < 4.78 is 5.09. The minimum Gasteiger partial charge on any atom is -0.462 e. The van der Waals surface area contributed by atoms with Gasteiger partial charge >= 0.3 is 5.97 Å². The molecule has 1 unspecified atom stereocenters. The molecule has 174 valence electrons. The maximum absolute atomic E-state index is 13.1. The average molecular weight is 457 g/mol. The Morgan fingerprint density at radius 1 is 1.06 bits per heavy atom. The van der Waals surface area contributed by atoms with Crippen molar-refractivity contribution >= 4 is 34.7 Å². The predicted octanol–water partition coefficient (Wildman–Crippen LogP) is 4.36. The first kappa shape index (κ1) is 23.2. The van der Waals surface area contributed by atoms with E-state index in [-0.39, 0.29) is 12.5 Å². The first-order valence-corrected chi connectivity index (χ1v) is 11.2. The van der Waals surface area contributed by atoms with E-state index in [1.165, 1.54) is 0 Å². The number of nitrogen functional groups attached to an aromatic ring is 1. The quantitative estimate of drug-likeness (QED) is 0.313. The molecule has 34 heavy (non-hydrogen) atoms. The number of hydrogen-bond donors (Lipinski definition) is 2. The van der Waals surface area contributed by atoms with E-state index >= 15 is 0 Å². The van der Waals surface area contributed by atoms with Crippen LogP contribution in [0.4, 0.5) is 17.1 Å². The van der Waals surface area contributed by atoms with Gasteiger partial charge in [0, 0.05) is 17.9 Å². The van der Waals surface area contributed by atoms with E-state index in [0.717, 1.165) is 23.2 Å². The van der Waals surface area contributed by atoms with Crippen LogP contribution in [-0.4, -0.2) is 43.2 Å². The van der Waals surface area contributed by atoms with E-state index < -0.39 is 11.9 Å². The lowest BCUT2D eigenvalue weighted by Crippen LogP contribution is -2.22. The molecule has 0 saturated heterocycles. The Balaban J connectivity index is 1.77. The van der Waals surface area contributed by atoms with Crippen LogP contribution in [0, 0.1) is 0 Å². The summed E-state index contributed by atoms with van der Waals surface area (Å²) in [7, 11) is 3.98. The highest BCUT2D eigenvalue weighted by atomic mass is 16.5. The van der Waals surface area contributed by atoms with Crippen LogP contribution in [0.25, 0.3) is 0 Å². The second-order valence-corrected chi connectivity index (χ2v) is 8.43. The average Bonchev–Trinajstić information content (AvgIpc) is 3.14. The highest BCUT2D eigenvalue weighted by Gasteiger charge is 2.36. The molecule has 3 aromatic carbocycles. The Kier molecular flexibility index (Phi) is 6.75. The molecule has 0 aliphatic carbocycles. The number of nitrogens with one attached hydrogen (secondary N) is 1. The summed E-state index contributed by atoms with van der Waals surface area (Å²) in [6.07, 6.45) is 0. The molecule has 1 aliphatic heterocycles. The third-order valence-electron chi connectivity index (χ3n) is 5.60. The number of fused-ring (bicyclic) bond motifs is 1. The second kappa shape index (κ2) is 9.89. The summed E-state index contributed by atoms with van der Waals surface area (Å²) in [6.45, 7) is 2.76. The van der Waals surface area contributed by atoms with Gasteiger partial charge < -0.3 is 20.7 Å². The van der Waals surface area contributed by atoms with E-state index in [1.807, 2.05) is 67.5 Å². The molecule has 3 aromatic rings. The number of aliphatic imine (C=N–C) groups is 1. The van der Waals surface area contributed by atoms with Gasteiger partial charge in [-0.1, -0.05) is 42.5 Å². The number of hydrogen-bond acceptors (Lipinski definition) is 6. The predicted molar refractivity (Wildman–Crippen MR) is 135 cm³/mol. The maximum Gasteiger partial charge on any atom is 0.338 e. The van der Waals surface area contributed by atoms with Crippen LogP contribution in [0.15, 0.2) is 71.7 Å². The number of esters is 1. The number of benzene rings is 3. The number of nitrogens with zero attached hydrogens (tertiary/aromatic N) is 2. The summed E-state index contributed by atoms with van der Waals surface area (Å²) in [5.74, 6) is -1.25. The standard InChI is InChI=1S/C27H28N4O3/c1-4-34-27(33)18-11-13-21-23(14-18)30-26(32)24(21)25(17-8-6-5-7-9-17)29-20-12-10-19(16-31(2)3)22(28)15-20/h5-15,24H,4,16,28H2,1-3H3,(H,30,32). The molecule has 0 saturated carbocycles. The van der Waals surface area contributed by atoms with Crippen molar-refractivity contribution in [2.24, 2.45) is 4.99 Å². The van der Waals surface area contributed by atoms with Gasteiger partial charge in [0.15, 0.2) is 0 Å². The largest absolute Gasteiger partial charge is 0.462 e. The number of amides is 1. The van der Waals surface area contributed by atoms with E-state index in [4.69, 9.17) is 15.5 Å².